The monoisotopic (exact) mass is 244 g/mol. The van der Waals surface area contributed by atoms with E-state index in [-0.39, 0.29) is 0 Å². The fourth-order valence-corrected chi connectivity index (χ4v) is 2.71. The molecule has 1 aromatic heterocycles. The fraction of sp³-hybridized carbons (Fsp3) is 0.500. The number of benzene rings is 1. The molecule has 1 N–H and O–H groups in total. The Labute approximate surface area is 110 Å². The summed E-state index contributed by atoms with van der Waals surface area (Å²) in [5.74, 6) is 0.749. The van der Waals surface area contributed by atoms with Crippen LogP contribution in [0.4, 0.5) is 0 Å². The minimum absolute atomic E-state index is 0.749. The maximum absolute atomic E-state index is 3.24. The maximum Gasteiger partial charge on any atom is 0.0483 e. The van der Waals surface area contributed by atoms with Crippen molar-refractivity contribution in [3.05, 3.63) is 36.0 Å². The number of aromatic nitrogens is 1. The van der Waals surface area contributed by atoms with Crippen LogP contribution in [-0.4, -0.2) is 11.6 Å². The molecule has 1 atom stereocenters. The van der Waals surface area contributed by atoms with Gasteiger partial charge in [0.15, 0.2) is 0 Å². The largest absolute Gasteiger partial charge is 0.347 e. The molecule has 2 nitrogen and oxygen atoms in total. The average Bonchev–Trinajstić information content (AvgIpc) is 2.74. The lowest BCUT2D eigenvalue weighted by molar-refractivity contribution is 0.453. The van der Waals surface area contributed by atoms with Gasteiger partial charge in [-0.3, -0.25) is 0 Å². The lowest BCUT2D eigenvalue weighted by Crippen LogP contribution is -2.07. The normalized spacial score (nSPS) is 13.1. The van der Waals surface area contributed by atoms with E-state index in [1.54, 1.807) is 0 Å². The van der Waals surface area contributed by atoms with Crippen molar-refractivity contribution >= 4 is 10.9 Å². The molecule has 2 rings (SSSR count). The molecule has 0 aliphatic carbocycles. The number of rotatable bonds is 6. The van der Waals surface area contributed by atoms with Crippen LogP contribution in [0.15, 0.2) is 30.5 Å². The predicted octanol–water partition coefficient (Wildman–Crippen LogP) is 3.80. The molecule has 0 fully saturated rings. The Balaban J connectivity index is 2.27. The van der Waals surface area contributed by atoms with Crippen molar-refractivity contribution in [2.75, 3.05) is 7.05 Å². The van der Waals surface area contributed by atoms with Crippen molar-refractivity contribution < 1.29 is 0 Å². The predicted molar refractivity (Wildman–Crippen MR) is 78.8 cm³/mol. The number of fused-ring (bicyclic) bond motifs is 1. The molecular weight excluding hydrogens is 220 g/mol. The highest BCUT2D eigenvalue weighted by Gasteiger charge is 2.07. The number of hydrogen-bond donors (Lipinski definition) is 1. The molecule has 0 radical (unpaired) electrons. The lowest BCUT2D eigenvalue weighted by Gasteiger charge is -2.13. The average molecular weight is 244 g/mol. The van der Waals surface area contributed by atoms with E-state index < -0.39 is 0 Å². The van der Waals surface area contributed by atoms with Crippen molar-refractivity contribution in [3.8, 4) is 0 Å². The minimum atomic E-state index is 0.749. The van der Waals surface area contributed by atoms with Crippen LogP contribution >= 0.6 is 0 Å². The van der Waals surface area contributed by atoms with Crippen molar-refractivity contribution in [3.63, 3.8) is 0 Å². The van der Waals surface area contributed by atoms with Crippen LogP contribution in [0.25, 0.3) is 10.9 Å². The summed E-state index contributed by atoms with van der Waals surface area (Å²) in [5.41, 5.74) is 2.75. The van der Waals surface area contributed by atoms with Gasteiger partial charge in [0.25, 0.3) is 0 Å². The Kier molecular flexibility index (Phi) is 4.43. The SMILES string of the molecule is CCCC(C)Cn1ccc2c(CNC)cccc21. The van der Waals surface area contributed by atoms with Gasteiger partial charge in [0, 0.05) is 30.2 Å². The summed E-state index contributed by atoms with van der Waals surface area (Å²) in [5, 5.41) is 4.62. The van der Waals surface area contributed by atoms with Crippen LogP contribution in [0, 0.1) is 5.92 Å². The summed E-state index contributed by atoms with van der Waals surface area (Å²) in [4.78, 5) is 0. The zero-order valence-corrected chi connectivity index (χ0v) is 11.7. The number of nitrogens with zero attached hydrogens (tertiary/aromatic N) is 1. The molecule has 1 heterocycles. The highest BCUT2D eigenvalue weighted by Crippen LogP contribution is 2.22. The van der Waals surface area contributed by atoms with Crippen LogP contribution in [-0.2, 0) is 13.1 Å². The molecule has 0 aliphatic heterocycles. The van der Waals surface area contributed by atoms with Crippen LogP contribution in [0.5, 0.6) is 0 Å². The number of nitrogens with one attached hydrogen (secondary N) is 1. The van der Waals surface area contributed by atoms with E-state index in [2.05, 4.69) is 54.2 Å². The molecule has 0 aliphatic rings. The van der Waals surface area contributed by atoms with Crippen LogP contribution < -0.4 is 5.32 Å². The highest BCUT2D eigenvalue weighted by molar-refractivity contribution is 5.83. The zero-order valence-electron chi connectivity index (χ0n) is 11.7. The van der Waals surface area contributed by atoms with Gasteiger partial charge >= 0.3 is 0 Å². The van der Waals surface area contributed by atoms with E-state index in [1.165, 1.54) is 29.3 Å². The van der Waals surface area contributed by atoms with Crippen LogP contribution in [0.2, 0.25) is 0 Å². The Morgan fingerprint density at radius 3 is 2.83 bits per heavy atom. The third-order valence-electron chi connectivity index (χ3n) is 3.56. The second-order valence-corrected chi connectivity index (χ2v) is 5.24. The van der Waals surface area contributed by atoms with E-state index >= 15 is 0 Å². The lowest BCUT2D eigenvalue weighted by atomic mass is 10.1. The Morgan fingerprint density at radius 1 is 1.28 bits per heavy atom. The van der Waals surface area contributed by atoms with Gasteiger partial charge in [-0.1, -0.05) is 32.4 Å². The van der Waals surface area contributed by atoms with Crippen LogP contribution in [0.1, 0.15) is 32.3 Å². The summed E-state index contributed by atoms with van der Waals surface area (Å²) < 4.78 is 2.40. The second kappa shape index (κ2) is 6.05. The van der Waals surface area contributed by atoms with Gasteiger partial charge in [-0.05, 0) is 37.1 Å². The summed E-state index contributed by atoms with van der Waals surface area (Å²) in [6.45, 7) is 6.66. The summed E-state index contributed by atoms with van der Waals surface area (Å²) in [7, 11) is 2.00. The summed E-state index contributed by atoms with van der Waals surface area (Å²) in [6, 6.07) is 8.85. The third kappa shape index (κ3) is 2.75. The molecule has 0 saturated heterocycles. The third-order valence-corrected chi connectivity index (χ3v) is 3.56. The quantitative estimate of drug-likeness (QED) is 0.818. The highest BCUT2D eigenvalue weighted by atomic mass is 15.0. The van der Waals surface area contributed by atoms with E-state index in [9.17, 15) is 0 Å². The van der Waals surface area contributed by atoms with Gasteiger partial charge in [0.2, 0.25) is 0 Å². The smallest absolute Gasteiger partial charge is 0.0483 e. The molecule has 0 bridgehead atoms. The first-order valence-corrected chi connectivity index (χ1v) is 6.97. The molecule has 98 valence electrons. The van der Waals surface area contributed by atoms with Crippen molar-refractivity contribution in [2.45, 2.75) is 39.8 Å². The molecule has 18 heavy (non-hydrogen) atoms. The van der Waals surface area contributed by atoms with E-state index in [1.807, 2.05) is 7.05 Å². The molecule has 0 spiro atoms. The van der Waals surface area contributed by atoms with Gasteiger partial charge in [-0.25, -0.2) is 0 Å². The van der Waals surface area contributed by atoms with Crippen molar-refractivity contribution in [1.29, 1.82) is 0 Å². The Hall–Kier alpha value is -1.28. The molecule has 1 aromatic carbocycles. The first kappa shape index (κ1) is 13.2. The Bertz CT molecular complexity index is 499. The van der Waals surface area contributed by atoms with Crippen LogP contribution in [0.3, 0.4) is 0 Å². The molecule has 2 aromatic rings. The van der Waals surface area contributed by atoms with Gasteiger partial charge in [0.05, 0.1) is 0 Å². The molecule has 1 unspecified atom stereocenters. The van der Waals surface area contributed by atoms with E-state index in [0.717, 1.165) is 19.0 Å². The molecule has 0 amide bonds. The molecule has 2 heteroatoms. The maximum atomic E-state index is 3.24. The van der Waals surface area contributed by atoms with Crippen molar-refractivity contribution in [1.82, 2.24) is 9.88 Å². The van der Waals surface area contributed by atoms with E-state index in [4.69, 9.17) is 0 Å². The zero-order chi connectivity index (χ0) is 13.0. The molecule has 0 saturated carbocycles. The van der Waals surface area contributed by atoms with E-state index in [0.29, 0.717) is 0 Å². The first-order chi connectivity index (χ1) is 8.76. The molecular formula is C16H24N2. The summed E-state index contributed by atoms with van der Waals surface area (Å²) >= 11 is 0. The minimum Gasteiger partial charge on any atom is -0.347 e. The Morgan fingerprint density at radius 2 is 2.11 bits per heavy atom. The number of hydrogen-bond acceptors (Lipinski definition) is 1. The van der Waals surface area contributed by atoms with Gasteiger partial charge in [-0.2, -0.15) is 0 Å². The van der Waals surface area contributed by atoms with Gasteiger partial charge < -0.3 is 9.88 Å². The fourth-order valence-electron chi connectivity index (χ4n) is 2.71. The summed E-state index contributed by atoms with van der Waals surface area (Å²) in [6.07, 6.45) is 4.80. The van der Waals surface area contributed by atoms with Crippen molar-refractivity contribution in [2.24, 2.45) is 5.92 Å². The van der Waals surface area contributed by atoms with Gasteiger partial charge in [-0.15, -0.1) is 0 Å². The standard InChI is InChI=1S/C16H24N2/c1-4-6-13(2)12-18-10-9-15-14(11-17-3)7-5-8-16(15)18/h5,7-10,13,17H,4,6,11-12H2,1-3H3. The first-order valence-electron chi connectivity index (χ1n) is 6.97. The topological polar surface area (TPSA) is 17.0 Å². The van der Waals surface area contributed by atoms with Gasteiger partial charge in [0.1, 0.15) is 0 Å². The second-order valence-electron chi connectivity index (χ2n) is 5.24.